The average molecular weight is 262 g/mol. The van der Waals surface area contributed by atoms with Gasteiger partial charge in [0.25, 0.3) is 0 Å². The van der Waals surface area contributed by atoms with Gasteiger partial charge in [0, 0.05) is 6.54 Å². The zero-order valence-electron chi connectivity index (χ0n) is 8.18. The lowest BCUT2D eigenvalue weighted by molar-refractivity contribution is 0.203. The Hall–Kier alpha value is -0.610. The van der Waals surface area contributed by atoms with Crippen LogP contribution in [0.3, 0.4) is 0 Å². The number of hydrogen-bond acceptors (Lipinski definition) is 2. The van der Waals surface area contributed by atoms with Crippen LogP contribution in [-0.4, -0.2) is 13.7 Å². The predicted molar refractivity (Wildman–Crippen MR) is 58.2 cm³/mol. The minimum Gasteiger partial charge on any atom is -0.496 e. The third kappa shape index (κ3) is 2.25. The Morgan fingerprint density at radius 3 is 2.64 bits per heavy atom. The third-order valence-corrected chi connectivity index (χ3v) is 2.76. The summed E-state index contributed by atoms with van der Waals surface area (Å²) in [6, 6.07) is 5.08. The summed E-state index contributed by atoms with van der Waals surface area (Å²) in [5.74, 6) is 0.682. The molecule has 0 saturated heterocycles. The minimum atomic E-state index is -1.49. The smallest absolute Gasteiger partial charge is 0.145 e. The molecule has 78 valence electrons. The Morgan fingerprint density at radius 1 is 1.57 bits per heavy atom. The molecule has 0 spiro atoms. The molecule has 0 aliphatic rings. The van der Waals surface area contributed by atoms with Gasteiger partial charge >= 0.3 is 0 Å². The first-order valence-corrected chi connectivity index (χ1v) is 5.03. The molecule has 1 aromatic rings. The van der Waals surface area contributed by atoms with Gasteiger partial charge in [0.15, 0.2) is 0 Å². The highest BCUT2D eigenvalue weighted by Crippen LogP contribution is 2.31. The van der Waals surface area contributed by atoms with Crippen molar-refractivity contribution in [2.45, 2.75) is 12.6 Å². The first-order chi connectivity index (χ1) is 6.51. The molecule has 4 heteroatoms. The monoisotopic (exact) mass is 261 g/mol. The Balaban J connectivity index is 3.08. The molecule has 14 heavy (non-hydrogen) atoms. The number of ether oxygens (including phenoxy) is 1. The van der Waals surface area contributed by atoms with Crippen molar-refractivity contribution >= 4 is 15.9 Å². The van der Waals surface area contributed by atoms with E-state index in [9.17, 15) is 4.39 Å². The molecule has 1 unspecified atom stereocenters. The van der Waals surface area contributed by atoms with Crippen molar-refractivity contribution in [3.63, 3.8) is 0 Å². The number of nitrogens with two attached hydrogens (primary N) is 1. The molecule has 1 atom stereocenters. The molecule has 0 saturated carbocycles. The van der Waals surface area contributed by atoms with E-state index in [1.54, 1.807) is 25.3 Å². The van der Waals surface area contributed by atoms with Crippen LogP contribution in [0.4, 0.5) is 4.39 Å². The molecule has 0 aromatic heterocycles. The molecule has 0 radical (unpaired) electrons. The van der Waals surface area contributed by atoms with Crippen molar-refractivity contribution < 1.29 is 9.13 Å². The van der Waals surface area contributed by atoms with Crippen LogP contribution in [0, 0.1) is 0 Å². The summed E-state index contributed by atoms with van der Waals surface area (Å²) < 4.78 is 19.6. The van der Waals surface area contributed by atoms with Gasteiger partial charge in [-0.15, -0.1) is 0 Å². The molecular weight excluding hydrogens is 249 g/mol. The fraction of sp³-hybridized carbons (Fsp3) is 0.400. The largest absolute Gasteiger partial charge is 0.496 e. The van der Waals surface area contributed by atoms with Crippen LogP contribution in [0.5, 0.6) is 5.75 Å². The van der Waals surface area contributed by atoms with E-state index in [0.717, 1.165) is 4.47 Å². The van der Waals surface area contributed by atoms with Crippen molar-refractivity contribution in [2.24, 2.45) is 5.73 Å². The second-order valence-corrected chi connectivity index (χ2v) is 4.11. The van der Waals surface area contributed by atoms with E-state index in [1.807, 2.05) is 0 Å². The van der Waals surface area contributed by atoms with Crippen LogP contribution in [0.2, 0.25) is 0 Å². The van der Waals surface area contributed by atoms with E-state index in [-0.39, 0.29) is 6.54 Å². The Bertz CT molecular complexity index is 328. The fourth-order valence-corrected chi connectivity index (χ4v) is 1.65. The molecule has 0 aliphatic carbocycles. The first kappa shape index (κ1) is 11.5. The molecule has 0 aliphatic heterocycles. The topological polar surface area (TPSA) is 35.2 Å². The molecule has 0 bridgehead atoms. The standard InChI is InChI=1S/C10H13BrFNO/c1-10(12,6-13)7-3-4-9(14-2)8(11)5-7/h3-5H,6,13H2,1-2H3. The van der Waals surface area contributed by atoms with Crippen LogP contribution < -0.4 is 10.5 Å². The molecule has 2 N–H and O–H groups in total. The van der Waals surface area contributed by atoms with E-state index in [2.05, 4.69) is 15.9 Å². The van der Waals surface area contributed by atoms with Gasteiger partial charge in [-0.3, -0.25) is 0 Å². The van der Waals surface area contributed by atoms with Gasteiger partial charge in [-0.1, -0.05) is 6.07 Å². The lowest BCUT2D eigenvalue weighted by Crippen LogP contribution is -2.26. The average Bonchev–Trinajstić information content (AvgIpc) is 2.17. The minimum absolute atomic E-state index is 0.0359. The molecular formula is C10H13BrFNO. The van der Waals surface area contributed by atoms with Gasteiger partial charge in [-0.25, -0.2) is 4.39 Å². The third-order valence-electron chi connectivity index (χ3n) is 2.14. The molecule has 0 heterocycles. The zero-order valence-corrected chi connectivity index (χ0v) is 9.77. The van der Waals surface area contributed by atoms with E-state index in [0.29, 0.717) is 11.3 Å². The van der Waals surface area contributed by atoms with Gasteiger partial charge in [-0.05, 0) is 40.5 Å². The van der Waals surface area contributed by atoms with Gasteiger partial charge in [0.1, 0.15) is 11.4 Å². The number of rotatable bonds is 3. The molecule has 1 rings (SSSR count). The predicted octanol–water partition coefficient (Wildman–Crippen LogP) is 2.60. The highest BCUT2D eigenvalue weighted by Gasteiger charge is 2.24. The van der Waals surface area contributed by atoms with Crippen LogP contribution in [0.1, 0.15) is 12.5 Å². The number of alkyl halides is 1. The van der Waals surface area contributed by atoms with E-state index in [1.165, 1.54) is 6.92 Å². The molecule has 0 fully saturated rings. The lowest BCUT2D eigenvalue weighted by atomic mass is 9.98. The van der Waals surface area contributed by atoms with Gasteiger partial charge in [-0.2, -0.15) is 0 Å². The summed E-state index contributed by atoms with van der Waals surface area (Å²) in [4.78, 5) is 0. The van der Waals surface area contributed by atoms with E-state index in [4.69, 9.17) is 10.5 Å². The quantitative estimate of drug-likeness (QED) is 0.908. The fourth-order valence-electron chi connectivity index (χ4n) is 1.11. The van der Waals surface area contributed by atoms with Crippen molar-refractivity contribution in [3.05, 3.63) is 28.2 Å². The molecule has 0 amide bonds. The first-order valence-electron chi connectivity index (χ1n) is 4.24. The maximum atomic E-state index is 13.8. The van der Waals surface area contributed by atoms with Crippen molar-refractivity contribution in [1.29, 1.82) is 0 Å². The normalized spacial score (nSPS) is 14.9. The van der Waals surface area contributed by atoms with Crippen LogP contribution in [0.15, 0.2) is 22.7 Å². The second-order valence-electron chi connectivity index (χ2n) is 3.25. The summed E-state index contributed by atoms with van der Waals surface area (Å²) in [5.41, 5.74) is 4.39. The van der Waals surface area contributed by atoms with Crippen LogP contribution in [-0.2, 0) is 5.67 Å². The Morgan fingerprint density at radius 2 is 2.21 bits per heavy atom. The number of benzene rings is 1. The maximum absolute atomic E-state index is 13.8. The summed E-state index contributed by atoms with van der Waals surface area (Å²) in [7, 11) is 1.57. The van der Waals surface area contributed by atoms with Crippen LogP contribution in [0.25, 0.3) is 0 Å². The highest BCUT2D eigenvalue weighted by atomic mass is 79.9. The van der Waals surface area contributed by atoms with E-state index < -0.39 is 5.67 Å². The van der Waals surface area contributed by atoms with Crippen molar-refractivity contribution in [3.8, 4) is 5.75 Å². The molecule has 1 aromatic carbocycles. The summed E-state index contributed by atoms with van der Waals surface area (Å²) in [6.07, 6.45) is 0. The Labute approximate surface area is 91.4 Å². The second kappa shape index (κ2) is 4.28. The van der Waals surface area contributed by atoms with Gasteiger partial charge in [0.05, 0.1) is 11.6 Å². The Kier molecular flexibility index (Phi) is 3.50. The number of methoxy groups -OCH3 is 1. The highest BCUT2D eigenvalue weighted by molar-refractivity contribution is 9.10. The van der Waals surface area contributed by atoms with Crippen molar-refractivity contribution in [2.75, 3.05) is 13.7 Å². The summed E-state index contributed by atoms with van der Waals surface area (Å²) in [6.45, 7) is 1.42. The maximum Gasteiger partial charge on any atom is 0.145 e. The van der Waals surface area contributed by atoms with Crippen LogP contribution >= 0.6 is 15.9 Å². The summed E-state index contributed by atoms with van der Waals surface area (Å²) in [5, 5.41) is 0. The van der Waals surface area contributed by atoms with Gasteiger partial charge in [0.2, 0.25) is 0 Å². The summed E-state index contributed by atoms with van der Waals surface area (Å²) >= 11 is 3.30. The number of halogens is 2. The van der Waals surface area contributed by atoms with Crippen molar-refractivity contribution in [1.82, 2.24) is 0 Å². The zero-order chi connectivity index (χ0) is 10.8. The van der Waals surface area contributed by atoms with E-state index >= 15 is 0 Å². The lowest BCUT2D eigenvalue weighted by Gasteiger charge is -2.19. The molecule has 2 nitrogen and oxygen atoms in total. The van der Waals surface area contributed by atoms with Gasteiger partial charge < -0.3 is 10.5 Å². The SMILES string of the molecule is COc1ccc(C(C)(F)CN)cc1Br. The number of hydrogen-bond donors (Lipinski definition) is 1.